The number of hydrogen-bond donors (Lipinski definition) is 0. The van der Waals surface area contributed by atoms with Crippen molar-refractivity contribution >= 4 is 16.6 Å². The molecule has 0 saturated heterocycles. The van der Waals surface area contributed by atoms with Crippen molar-refractivity contribution in [2.75, 3.05) is 0 Å². The Morgan fingerprint density at radius 1 is 0.900 bits per heavy atom. The van der Waals surface area contributed by atoms with Crippen LogP contribution >= 0.6 is 0 Å². The minimum absolute atomic E-state index is 0.195. The number of rotatable bonds is 5. The lowest BCUT2D eigenvalue weighted by Crippen LogP contribution is -2.02. The molecule has 0 spiro atoms. The molecule has 0 N–H and O–H groups in total. The molecule has 0 aliphatic heterocycles. The summed E-state index contributed by atoms with van der Waals surface area (Å²) in [5.74, 6) is 0.391. The van der Waals surface area contributed by atoms with Gasteiger partial charge in [-0.3, -0.25) is 10.1 Å². The van der Waals surface area contributed by atoms with Crippen molar-refractivity contribution in [3.8, 4) is 23.3 Å². The summed E-state index contributed by atoms with van der Waals surface area (Å²) in [5, 5.41) is 12.7. The number of hydrogen-bond acceptors (Lipinski definition) is 7. The monoisotopic (exact) mass is 402 g/mol. The smallest absolute Gasteiger partial charge is 0.393 e. The molecular weight excluding hydrogens is 384 g/mol. The fraction of sp³-hybridized carbons (Fsp3) is 0.136. The van der Waals surface area contributed by atoms with Crippen LogP contribution in [0, 0.1) is 30.9 Å². The lowest BCUT2D eigenvalue weighted by atomic mass is 10.1. The molecule has 0 saturated carbocycles. The fourth-order valence-electron chi connectivity index (χ4n) is 3.16. The second kappa shape index (κ2) is 7.75. The standard InChI is InChI=1S/C22H18N4O4/c1-13-9-14(2)11-17(10-13)29-21-20(26(27)28)22(24-12-23-21)30-18-6-4-5-16-8-7-15(3)25-19(16)18/h4-12H,1-3H3. The van der Waals surface area contributed by atoms with Crippen LogP contribution in [0.1, 0.15) is 16.8 Å². The van der Waals surface area contributed by atoms with Crippen molar-refractivity contribution in [1.29, 1.82) is 0 Å². The molecule has 8 heteroatoms. The molecule has 2 aromatic carbocycles. The van der Waals surface area contributed by atoms with Gasteiger partial charge in [-0.05, 0) is 56.2 Å². The molecule has 2 heterocycles. The van der Waals surface area contributed by atoms with E-state index in [1.54, 1.807) is 24.3 Å². The molecule has 0 amide bonds. The summed E-state index contributed by atoms with van der Waals surface area (Å²) in [7, 11) is 0. The van der Waals surface area contributed by atoms with Crippen LogP contribution in [0.2, 0.25) is 0 Å². The molecular formula is C22H18N4O4. The summed E-state index contributed by atoms with van der Waals surface area (Å²) in [6, 6.07) is 14.7. The molecule has 0 fully saturated rings. The Labute approximate surface area is 172 Å². The van der Waals surface area contributed by atoms with E-state index in [9.17, 15) is 10.1 Å². The zero-order valence-electron chi connectivity index (χ0n) is 16.6. The molecule has 8 nitrogen and oxygen atoms in total. The highest BCUT2D eigenvalue weighted by molar-refractivity contribution is 5.85. The average molecular weight is 402 g/mol. The van der Waals surface area contributed by atoms with Gasteiger partial charge in [-0.1, -0.05) is 24.3 Å². The Kier molecular flexibility index (Phi) is 4.97. The highest BCUT2D eigenvalue weighted by Crippen LogP contribution is 2.39. The number of nitrogens with zero attached hydrogens (tertiary/aromatic N) is 4. The third-order valence-corrected chi connectivity index (χ3v) is 4.38. The van der Waals surface area contributed by atoms with Gasteiger partial charge in [-0.15, -0.1) is 0 Å². The van der Waals surface area contributed by atoms with E-state index in [1.807, 2.05) is 45.0 Å². The van der Waals surface area contributed by atoms with Gasteiger partial charge in [-0.2, -0.15) is 9.97 Å². The molecule has 4 rings (SSSR count). The van der Waals surface area contributed by atoms with Gasteiger partial charge in [-0.25, -0.2) is 4.98 Å². The van der Waals surface area contributed by atoms with E-state index < -0.39 is 10.6 Å². The quantitative estimate of drug-likeness (QED) is 0.323. The van der Waals surface area contributed by atoms with Crippen LogP contribution in [-0.4, -0.2) is 19.9 Å². The summed E-state index contributed by atoms with van der Waals surface area (Å²) in [6.45, 7) is 5.69. The molecule has 4 aromatic rings. The first kappa shape index (κ1) is 19.3. The van der Waals surface area contributed by atoms with Gasteiger partial charge in [0, 0.05) is 11.1 Å². The van der Waals surface area contributed by atoms with Gasteiger partial charge in [0.05, 0.1) is 4.92 Å². The van der Waals surface area contributed by atoms with Crippen molar-refractivity contribution in [3.63, 3.8) is 0 Å². The van der Waals surface area contributed by atoms with Gasteiger partial charge in [0.1, 0.15) is 17.6 Å². The lowest BCUT2D eigenvalue weighted by molar-refractivity contribution is -0.387. The minimum Gasteiger partial charge on any atom is -0.433 e. The van der Waals surface area contributed by atoms with E-state index in [4.69, 9.17) is 9.47 Å². The van der Waals surface area contributed by atoms with Gasteiger partial charge in [0.25, 0.3) is 0 Å². The molecule has 0 unspecified atom stereocenters. The van der Waals surface area contributed by atoms with Crippen LogP contribution in [0.4, 0.5) is 5.69 Å². The summed E-state index contributed by atoms with van der Waals surface area (Å²) in [4.78, 5) is 23.6. The molecule has 150 valence electrons. The summed E-state index contributed by atoms with van der Waals surface area (Å²) in [6.07, 6.45) is 1.17. The minimum atomic E-state index is -0.614. The van der Waals surface area contributed by atoms with Crippen molar-refractivity contribution < 1.29 is 14.4 Å². The van der Waals surface area contributed by atoms with Crippen LogP contribution in [0.5, 0.6) is 23.3 Å². The maximum Gasteiger partial charge on any atom is 0.393 e. The zero-order valence-corrected chi connectivity index (χ0v) is 16.6. The first-order valence-corrected chi connectivity index (χ1v) is 9.20. The maximum atomic E-state index is 11.8. The Morgan fingerprint density at radius 2 is 1.60 bits per heavy atom. The molecule has 0 radical (unpaired) electrons. The first-order chi connectivity index (χ1) is 14.4. The Balaban J connectivity index is 1.77. The predicted molar refractivity (Wildman–Crippen MR) is 111 cm³/mol. The Bertz CT molecular complexity index is 1250. The topological polar surface area (TPSA) is 100 Å². The predicted octanol–water partition coefficient (Wildman–Crippen LogP) is 5.44. The number of pyridine rings is 1. The van der Waals surface area contributed by atoms with Crippen LogP contribution in [-0.2, 0) is 0 Å². The average Bonchev–Trinajstić information content (AvgIpc) is 2.67. The number of fused-ring (bicyclic) bond motifs is 1. The molecule has 0 aliphatic carbocycles. The summed E-state index contributed by atoms with van der Waals surface area (Å²) >= 11 is 0. The molecule has 0 bridgehead atoms. The highest BCUT2D eigenvalue weighted by atomic mass is 16.6. The Morgan fingerprint density at radius 3 is 2.30 bits per heavy atom. The van der Waals surface area contributed by atoms with E-state index in [1.165, 1.54) is 6.33 Å². The highest BCUT2D eigenvalue weighted by Gasteiger charge is 2.27. The number of aromatic nitrogens is 3. The van der Waals surface area contributed by atoms with Gasteiger partial charge in [0.15, 0.2) is 5.75 Å². The fourth-order valence-corrected chi connectivity index (χ4v) is 3.16. The lowest BCUT2D eigenvalue weighted by Gasteiger charge is -2.11. The van der Waals surface area contributed by atoms with Crippen LogP contribution in [0.3, 0.4) is 0 Å². The molecule has 0 atom stereocenters. The number of nitro groups is 1. The van der Waals surface area contributed by atoms with Crippen LogP contribution in [0.25, 0.3) is 10.9 Å². The van der Waals surface area contributed by atoms with Gasteiger partial charge >= 0.3 is 17.4 Å². The molecule has 30 heavy (non-hydrogen) atoms. The second-order valence-corrected chi connectivity index (χ2v) is 6.90. The number of benzene rings is 2. The van der Waals surface area contributed by atoms with Crippen molar-refractivity contribution in [2.24, 2.45) is 0 Å². The van der Waals surface area contributed by atoms with Crippen molar-refractivity contribution in [3.05, 3.63) is 81.8 Å². The largest absolute Gasteiger partial charge is 0.433 e. The summed E-state index contributed by atoms with van der Waals surface area (Å²) < 4.78 is 11.6. The van der Waals surface area contributed by atoms with Crippen molar-refractivity contribution in [2.45, 2.75) is 20.8 Å². The van der Waals surface area contributed by atoms with Crippen molar-refractivity contribution in [1.82, 2.24) is 15.0 Å². The summed E-state index contributed by atoms with van der Waals surface area (Å²) in [5.41, 5.74) is 2.86. The number of aryl methyl sites for hydroxylation is 3. The van der Waals surface area contributed by atoms with E-state index >= 15 is 0 Å². The number of ether oxygens (including phenoxy) is 2. The maximum absolute atomic E-state index is 11.8. The second-order valence-electron chi connectivity index (χ2n) is 6.90. The van der Waals surface area contributed by atoms with Crippen LogP contribution < -0.4 is 9.47 Å². The normalized spacial score (nSPS) is 10.8. The first-order valence-electron chi connectivity index (χ1n) is 9.20. The third-order valence-electron chi connectivity index (χ3n) is 4.38. The number of para-hydroxylation sites is 1. The Hall–Kier alpha value is -4.07. The zero-order chi connectivity index (χ0) is 21.3. The van der Waals surface area contributed by atoms with Crippen LogP contribution in [0.15, 0.2) is 54.9 Å². The van der Waals surface area contributed by atoms with E-state index in [0.717, 1.165) is 22.2 Å². The van der Waals surface area contributed by atoms with E-state index in [0.29, 0.717) is 17.0 Å². The SMILES string of the molecule is Cc1cc(C)cc(Oc2ncnc(Oc3cccc4ccc(C)nc34)c2[N+](=O)[O-])c1. The van der Waals surface area contributed by atoms with Gasteiger partial charge in [0.2, 0.25) is 0 Å². The molecule has 0 aliphatic rings. The van der Waals surface area contributed by atoms with E-state index in [2.05, 4.69) is 15.0 Å². The van der Waals surface area contributed by atoms with Gasteiger partial charge < -0.3 is 9.47 Å². The third kappa shape index (κ3) is 3.88. The van der Waals surface area contributed by atoms with E-state index in [-0.39, 0.29) is 11.8 Å². The molecule has 2 aromatic heterocycles.